The zero-order valence-corrected chi connectivity index (χ0v) is 7.25. The van der Waals surface area contributed by atoms with E-state index in [2.05, 4.69) is 0 Å². The van der Waals surface area contributed by atoms with Crippen molar-refractivity contribution >= 4 is 12.9 Å². The number of Topliss-reactive ketones (excluding diaryl/α,β-unsaturated/α-hetero) is 1. The molecule has 5 heteroatoms. The normalized spacial score (nSPS) is 17.1. The van der Waals surface area contributed by atoms with Gasteiger partial charge in [-0.2, -0.15) is 0 Å². The Morgan fingerprint density at radius 1 is 1.54 bits per heavy atom. The standard InChI is InChI=1S/C8H10BFO3/c1-5(11)7-3-2-6(9(12)13)4-8(7)10/h4,12-13H,2-3H2,1H3. The van der Waals surface area contributed by atoms with Gasteiger partial charge >= 0.3 is 7.12 Å². The Labute approximate surface area is 75.7 Å². The largest absolute Gasteiger partial charge is 0.484 e. The molecule has 1 aliphatic carbocycles. The SMILES string of the molecule is CC(=O)C1=C(F)C=C(B(O)O)CC1. The van der Waals surface area contributed by atoms with Crippen molar-refractivity contribution in [3.8, 4) is 0 Å². The molecule has 1 aliphatic rings. The van der Waals surface area contributed by atoms with Crippen LogP contribution < -0.4 is 0 Å². The third-order valence-electron chi connectivity index (χ3n) is 2.02. The number of rotatable bonds is 2. The number of allylic oxidation sites excluding steroid dienone is 4. The molecule has 13 heavy (non-hydrogen) atoms. The number of carbonyl (C=O) groups excluding carboxylic acids is 1. The van der Waals surface area contributed by atoms with E-state index in [0.717, 1.165) is 6.08 Å². The predicted octanol–water partition coefficient (Wildman–Crippen LogP) is 0.531. The van der Waals surface area contributed by atoms with Gasteiger partial charge in [0.05, 0.1) is 0 Å². The summed E-state index contributed by atoms with van der Waals surface area (Å²) in [5, 5.41) is 17.5. The molecule has 0 bridgehead atoms. The lowest BCUT2D eigenvalue weighted by Gasteiger charge is -2.13. The Hall–Kier alpha value is -0.935. The van der Waals surface area contributed by atoms with E-state index in [1.165, 1.54) is 6.92 Å². The number of ketones is 1. The molecule has 0 aromatic heterocycles. The number of hydrogen-bond acceptors (Lipinski definition) is 3. The first-order chi connectivity index (χ1) is 6.02. The lowest BCUT2D eigenvalue weighted by molar-refractivity contribution is -0.113. The van der Waals surface area contributed by atoms with Crippen molar-refractivity contribution in [3.63, 3.8) is 0 Å². The average Bonchev–Trinajstić information content (AvgIpc) is 2.03. The van der Waals surface area contributed by atoms with E-state index in [4.69, 9.17) is 10.0 Å². The van der Waals surface area contributed by atoms with E-state index in [1.807, 2.05) is 0 Å². The molecule has 0 aromatic carbocycles. The molecule has 0 aliphatic heterocycles. The first kappa shape index (κ1) is 10.1. The summed E-state index contributed by atoms with van der Waals surface area (Å²) >= 11 is 0. The Kier molecular flexibility index (Phi) is 3.00. The van der Waals surface area contributed by atoms with Crippen LogP contribution >= 0.6 is 0 Å². The summed E-state index contributed by atoms with van der Waals surface area (Å²) in [4.78, 5) is 10.8. The minimum atomic E-state index is -1.63. The Morgan fingerprint density at radius 2 is 2.15 bits per heavy atom. The summed E-state index contributed by atoms with van der Waals surface area (Å²) in [5.74, 6) is -0.956. The van der Waals surface area contributed by atoms with Gasteiger partial charge in [-0.3, -0.25) is 4.79 Å². The molecular formula is C8H10BFO3. The van der Waals surface area contributed by atoms with Crippen LogP contribution in [0.4, 0.5) is 4.39 Å². The molecule has 0 spiro atoms. The highest BCUT2D eigenvalue weighted by atomic mass is 19.1. The van der Waals surface area contributed by atoms with Gasteiger partial charge in [-0.1, -0.05) is 0 Å². The second kappa shape index (κ2) is 3.85. The zero-order valence-electron chi connectivity index (χ0n) is 7.25. The van der Waals surface area contributed by atoms with Crippen LogP contribution in [-0.2, 0) is 4.79 Å². The highest BCUT2D eigenvalue weighted by Gasteiger charge is 2.22. The maximum absolute atomic E-state index is 13.1. The molecule has 0 unspecified atom stereocenters. The fourth-order valence-electron chi connectivity index (χ4n) is 1.26. The van der Waals surface area contributed by atoms with Crippen LogP contribution in [0.25, 0.3) is 0 Å². The van der Waals surface area contributed by atoms with Crippen molar-refractivity contribution in [3.05, 3.63) is 22.9 Å². The van der Waals surface area contributed by atoms with Crippen molar-refractivity contribution in [2.75, 3.05) is 0 Å². The molecule has 0 saturated heterocycles. The summed E-state index contributed by atoms with van der Waals surface area (Å²) in [5.41, 5.74) is 0.340. The third-order valence-corrected chi connectivity index (χ3v) is 2.02. The van der Waals surface area contributed by atoms with Crippen molar-refractivity contribution in [2.45, 2.75) is 19.8 Å². The van der Waals surface area contributed by atoms with Crippen LogP contribution in [0.1, 0.15) is 19.8 Å². The van der Waals surface area contributed by atoms with E-state index in [-0.39, 0.29) is 23.2 Å². The maximum atomic E-state index is 13.1. The average molecular weight is 184 g/mol. The van der Waals surface area contributed by atoms with Gasteiger partial charge in [-0.05, 0) is 31.3 Å². The number of carbonyl (C=O) groups is 1. The highest BCUT2D eigenvalue weighted by molar-refractivity contribution is 6.50. The smallest absolute Gasteiger partial charge is 0.423 e. The van der Waals surface area contributed by atoms with Gasteiger partial charge < -0.3 is 10.0 Å². The van der Waals surface area contributed by atoms with Crippen LogP contribution in [-0.4, -0.2) is 22.9 Å². The summed E-state index contributed by atoms with van der Waals surface area (Å²) in [7, 11) is -1.63. The molecule has 3 nitrogen and oxygen atoms in total. The third kappa shape index (κ3) is 2.26. The topological polar surface area (TPSA) is 57.5 Å². The maximum Gasteiger partial charge on any atom is 0.484 e. The van der Waals surface area contributed by atoms with Gasteiger partial charge in [-0.15, -0.1) is 0 Å². The molecule has 2 N–H and O–H groups in total. The first-order valence-corrected chi connectivity index (χ1v) is 3.98. The molecule has 0 aromatic rings. The van der Waals surface area contributed by atoms with Gasteiger partial charge in [-0.25, -0.2) is 4.39 Å². The van der Waals surface area contributed by atoms with Crippen molar-refractivity contribution in [2.24, 2.45) is 0 Å². The molecule has 0 saturated carbocycles. The van der Waals surface area contributed by atoms with Gasteiger partial charge in [0.1, 0.15) is 5.83 Å². The van der Waals surface area contributed by atoms with Crippen LogP contribution in [0.3, 0.4) is 0 Å². The lowest BCUT2D eigenvalue weighted by atomic mass is 9.73. The van der Waals surface area contributed by atoms with Crippen LogP contribution in [0.2, 0.25) is 0 Å². The monoisotopic (exact) mass is 184 g/mol. The highest BCUT2D eigenvalue weighted by Crippen LogP contribution is 2.25. The number of hydrogen-bond donors (Lipinski definition) is 2. The minimum absolute atomic E-state index is 0.129. The summed E-state index contributed by atoms with van der Waals surface area (Å²) in [6.45, 7) is 1.29. The zero-order chi connectivity index (χ0) is 10.0. The van der Waals surface area contributed by atoms with Gasteiger partial charge in [0.15, 0.2) is 5.78 Å². The summed E-state index contributed by atoms with van der Waals surface area (Å²) in [6, 6.07) is 0. The van der Waals surface area contributed by atoms with Crippen LogP contribution in [0, 0.1) is 0 Å². The molecule has 0 fully saturated rings. The Balaban J connectivity index is 2.93. The van der Waals surface area contributed by atoms with E-state index in [1.54, 1.807) is 0 Å². The minimum Gasteiger partial charge on any atom is -0.423 e. The lowest BCUT2D eigenvalue weighted by Crippen LogP contribution is -2.18. The fraction of sp³-hybridized carbons (Fsp3) is 0.375. The summed E-state index contributed by atoms with van der Waals surface area (Å²) < 4.78 is 13.1. The van der Waals surface area contributed by atoms with Crippen molar-refractivity contribution < 1.29 is 19.2 Å². The quantitative estimate of drug-likeness (QED) is 0.615. The van der Waals surface area contributed by atoms with E-state index in [9.17, 15) is 9.18 Å². The molecule has 1 rings (SSSR count). The van der Waals surface area contributed by atoms with Crippen molar-refractivity contribution in [1.82, 2.24) is 0 Å². The second-order valence-electron chi connectivity index (χ2n) is 2.98. The first-order valence-electron chi connectivity index (χ1n) is 3.98. The van der Waals surface area contributed by atoms with E-state index >= 15 is 0 Å². The van der Waals surface area contributed by atoms with Gasteiger partial charge in [0.2, 0.25) is 0 Å². The molecule has 0 amide bonds. The molecular weight excluding hydrogens is 174 g/mol. The Morgan fingerprint density at radius 3 is 2.54 bits per heavy atom. The van der Waals surface area contributed by atoms with E-state index in [0.29, 0.717) is 6.42 Å². The predicted molar refractivity (Wildman–Crippen MR) is 46.3 cm³/mol. The van der Waals surface area contributed by atoms with Crippen LogP contribution in [0.15, 0.2) is 22.9 Å². The fourth-order valence-corrected chi connectivity index (χ4v) is 1.26. The Bertz CT molecular complexity index is 294. The van der Waals surface area contributed by atoms with Gasteiger partial charge in [0, 0.05) is 5.57 Å². The second-order valence-corrected chi connectivity index (χ2v) is 2.98. The molecule has 0 atom stereocenters. The molecule has 0 heterocycles. The molecule has 70 valence electrons. The van der Waals surface area contributed by atoms with E-state index < -0.39 is 12.9 Å². The summed E-state index contributed by atoms with van der Waals surface area (Å²) in [6.07, 6.45) is 1.58. The number of halogens is 1. The van der Waals surface area contributed by atoms with Crippen LogP contribution in [0.5, 0.6) is 0 Å². The molecule has 0 radical (unpaired) electrons. The van der Waals surface area contributed by atoms with Crippen molar-refractivity contribution in [1.29, 1.82) is 0 Å². The van der Waals surface area contributed by atoms with Gasteiger partial charge in [0.25, 0.3) is 0 Å².